The molecule has 0 saturated carbocycles. The van der Waals surface area contributed by atoms with Crippen LogP contribution in [0.3, 0.4) is 0 Å². The van der Waals surface area contributed by atoms with Crippen LogP contribution < -0.4 is 4.74 Å². The van der Waals surface area contributed by atoms with Gasteiger partial charge in [-0.2, -0.15) is 4.39 Å². The van der Waals surface area contributed by atoms with Crippen LogP contribution in [0.2, 0.25) is 0 Å². The van der Waals surface area contributed by atoms with E-state index in [0.29, 0.717) is 0 Å². The predicted molar refractivity (Wildman–Crippen MR) is 68.2 cm³/mol. The molecule has 0 aliphatic carbocycles. The van der Waals surface area contributed by atoms with Crippen LogP contribution in [-0.2, 0) is 4.79 Å². The number of carbonyl (C=O) groups excluding carboxylic acids is 1. The topological polar surface area (TPSA) is 59.4 Å². The molecule has 0 saturated heterocycles. The number of benzene rings is 1. The Morgan fingerprint density at radius 3 is 2.85 bits per heavy atom. The molecule has 0 fully saturated rings. The second kappa shape index (κ2) is 5.89. The third-order valence-corrected chi connectivity index (χ3v) is 3.22. The predicted octanol–water partition coefficient (Wildman–Crippen LogP) is 2.62. The second-order valence-electron chi connectivity index (χ2n) is 3.74. The summed E-state index contributed by atoms with van der Waals surface area (Å²) < 4.78 is 31.0. The number of esters is 1. The maximum absolute atomic E-state index is 13.3. The molecule has 7 heteroatoms. The first-order chi connectivity index (χ1) is 9.50. The third-order valence-electron chi connectivity index (χ3n) is 2.40. The van der Waals surface area contributed by atoms with Crippen molar-refractivity contribution >= 4 is 17.3 Å². The lowest BCUT2D eigenvalue weighted by atomic mass is 10.2. The van der Waals surface area contributed by atoms with E-state index in [4.69, 9.17) is 0 Å². The van der Waals surface area contributed by atoms with Crippen molar-refractivity contribution in [1.82, 2.24) is 4.98 Å². The quantitative estimate of drug-likeness (QED) is 0.535. The largest absolute Gasteiger partial charge is 0.420 e. The Labute approximate surface area is 117 Å². The molecule has 20 heavy (non-hydrogen) atoms. The monoisotopic (exact) mass is 297 g/mol. The molecule has 1 atom stereocenters. The fourth-order valence-electron chi connectivity index (χ4n) is 1.36. The highest BCUT2D eigenvalue weighted by Gasteiger charge is 2.23. The van der Waals surface area contributed by atoms with Crippen LogP contribution in [0.1, 0.15) is 11.1 Å². The van der Waals surface area contributed by atoms with E-state index in [1.807, 2.05) is 0 Å². The first-order valence-corrected chi connectivity index (χ1v) is 6.31. The van der Waals surface area contributed by atoms with E-state index in [-0.39, 0.29) is 10.6 Å². The maximum Gasteiger partial charge on any atom is 0.342 e. The summed E-state index contributed by atoms with van der Waals surface area (Å²) in [6, 6.07) is 3.19. The summed E-state index contributed by atoms with van der Waals surface area (Å²) in [7, 11) is 0. The van der Waals surface area contributed by atoms with Gasteiger partial charge in [0.1, 0.15) is 11.1 Å². The Hall–Kier alpha value is -2.12. The van der Waals surface area contributed by atoms with Gasteiger partial charge in [0, 0.05) is 11.6 Å². The lowest BCUT2D eigenvalue weighted by molar-refractivity contribution is -0.131. The summed E-state index contributed by atoms with van der Waals surface area (Å²) in [6.07, 6.45) is 0.104. The number of nitrogens with zero attached hydrogens (tertiary/aromatic N) is 1. The average Bonchev–Trinajstić information content (AvgIpc) is 2.96. The molecule has 0 radical (unpaired) electrons. The van der Waals surface area contributed by atoms with Gasteiger partial charge in [0.25, 0.3) is 0 Å². The zero-order valence-corrected chi connectivity index (χ0v) is 10.9. The Morgan fingerprint density at radius 1 is 1.45 bits per heavy atom. The zero-order chi connectivity index (χ0) is 14.7. The molecule has 2 aromatic rings. The van der Waals surface area contributed by atoms with Gasteiger partial charge >= 0.3 is 5.97 Å². The number of thiazole rings is 1. The highest BCUT2D eigenvalue weighted by Crippen LogP contribution is 2.25. The summed E-state index contributed by atoms with van der Waals surface area (Å²) in [4.78, 5) is 15.5. The minimum absolute atomic E-state index is 0.256. The van der Waals surface area contributed by atoms with Gasteiger partial charge in [0.2, 0.25) is 5.82 Å². The molecule has 104 valence electrons. The van der Waals surface area contributed by atoms with Crippen molar-refractivity contribution in [3.63, 3.8) is 0 Å². The Morgan fingerprint density at radius 2 is 2.20 bits per heavy atom. The lowest BCUT2D eigenvalue weighted by Gasteiger charge is -2.11. The van der Waals surface area contributed by atoms with E-state index in [9.17, 15) is 18.7 Å². The van der Waals surface area contributed by atoms with Gasteiger partial charge in [0.05, 0.1) is 5.57 Å². The molecule has 0 amide bonds. The van der Waals surface area contributed by atoms with Crippen LogP contribution in [0.5, 0.6) is 5.75 Å². The van der Waals surface area contributed by atoms with Crippen molar-refractivity contribution < 1.29 is 23.4 Å². The molecule has 2 rings (SSSR count). The normalized spacial score (nSPS) is 11.9. The average molecular weight is 297 g/mol. The van der Waals surface area contributed by atoms with Crippen molar-refractivity contribution in [3.8, 4) is 5.75 Å². The van der Waals surface area contributed by atoms with Crippen LogP contribution in [0.25, 0.3) is 0 Å². The highest BCUT2D eigenvalue weighted by molar-refractivity contribution is 7.09. The van der Waals surface area contributed by atoms with Gasteiger partial charge in [-0.05, 0) is 12.1 Å². The number of halogens is 2. The van der Waals surface area contributed by atoms with Gasteiger partial charge in [-0.3, -0.25) is 0 Å². The van der Waals surface area contributed by atoms with Gasteiger partial charge < -0.3 is 9.84 Å². The number of hydrogen-bond donors (Lipinski definition) is 1. The number of aliphatic hydroxyl groups excluding tert-OH is 1. The van der Waals surface area contributed by atoms with Crippen molar-refractivity contribution in [2.75, 3.05) is 0 Å². The first-order valence-electron chi connectivity index (χ1n) is 5.43. The zero-order valence-electron chi connectivity index (χ0n) is 10.0. The molecule has 0 aliphatic heterocycles. The minimum Gasteiger partial charge on any atom is -0.420 e. The standard InChI is InChI=1S/C13H9F2NO3S/c1-7(11(17)12-16-5-6-20-12)13(18)19-9-4-2-3-8(14)10(9)15/h2-6,11,17H,1H2. The summed E-state index contributed by atoms with van der Waals surface area (Å²) in [5.74, 6) is -4.04. The molecule has 1 heterocycles. The first kappa shape index (κ1) is 14.3. The SMILES string of the molecule is C=C(C(=O)Oc1cccc(F)c1F)C(O)c1nccs1. The molecule has 1 aromatic heterocycles. The molecule has 0 aliphatic rings. The molecule has 1 aromatic carbocycles. The molecule has 0 bridgehead atoms. The summed E-state index contributed by atoms with van der Waals surface area (Å²) in [5, 5.41) is 11.7. The minimum atomic E-state index is -1.35. The molecular formula is C13H9F2NO3S. The van der Waals surface area contributed by atoms with E-state index in [1.165, 1.54) is 12.3 Å². The number of rotatable bonds is 4. The summed E-state index contributed by atoms with van der Waals surface area (Å²) in [5.41, 5.74) is -0.316. The highest BCUT2D eigenvalue weighted by atomic mass is 32.1. The summed E-state index contributed by atoms with van der Waals surface area (Å²) in [6.45, 7) is 3.38. The second-order valence-corrected chi connectivity index (χ2v) is 4.67. The molecule has 1 N–H and O–H groups in total. The molecule has 1 unspecified atom stereocenters. The van der Waals surface area contributed by atoms with Crippen LogP contribution in [-0.4, -0.2) is 16.1 Å². The van der Waals surface area contributed by atoms with Crippen LogP contribution in [0, 0.1) is 11.6 Å². The number of hydrogen-bond acceptors (Lipinski definition) is 5. The van der Waals surface area contributed by atoms with Gasteiger partial charge in [-0.1, -0.05) is 12.6 Å². The number of aromatic nitrogens is 1. The van der Waals surface area contributed by atoms with E-state index in [1.54, 1.807) is 5.38 Å². The fraction of sp³-hybridized carbons (Fsp3) is 0.0769. The van der Waals surface area contributed by atoms with E-state index >= 15 is 0 Å². The lowest BCUT2D eigenvalue weighted by Crippen LogP contribution is -2.17. The van der Waals surface area contributed by atoms with Gasteiger partial charge in [-0.25, -0.2) is 14.2 Å². The smallest absolute Gasteiger partial charge is 0.342 e. The van der Waals surface area contributed by atoms with Crippen LogP contribution >= 0.6 is 11.3 Å². The third kappa shape index (κ3) is 2.89. The number of ether oxygens (including phenoxy) is 1. The Bertz CT molecular complexity index is 643. The van der Waals surface area contributed by atoms with Crippen molar-refractivity contribution in [3.05, 3.63) is 58.6 Å². The molecular weight excluding hydrogens is 288 g/mol. The van der Waals surface area contributed by atoms with E-state index in [2.05, 4.69) is 16.3 Å². The number of carbonyl (C=O) groups is 1. The maximum atomic E-state index is 13.3. The van der Waals surface area contributed by atoms with Crippen LogP contribution in [0.4, 0.5) is 8.78 Å². The van der Waals surface area contributed by atoms with Crippen molar-refractivity contribution in [2.24, 2.45) is 0 Å². The van der Waals surface area contributed by atoms with Crippen LogP contribution in [0.15, 0.2) is 41.9 Å². The van der Waals surface area contributed by atoms with Crippen molar-refractivity contribution in [1.29, 1.82) is 0 Å². The Balaban J connectivity index is 2.12. The molecule has 4 nitrogen and oxygen atoms in total. The van der Waals surface area contributed by atoms with Gasteiger partial charge in [-0.15, -0.1) is 11.3 Å². The van der Waals surface area contributed by atoms with Gasteiger partial charge in [0.15, 0.2) is 11.6 Å². The van der Waals surface area contributed by atoms with Crippen molar-refractivity contribution in [2.45, 2.75) is 6.10 Å². The molecule has 0 spiro atoms. The Kier molecular flexibility index (Phi) is 4.21. The fourth-order valence-corrected chi connectivity index (χ4v) is 2.01. The van der Waals surface area contributed by atoms with E-state index in [0.717, 1.165) is 23.5 Å². The van der Waals surface area contributed by atoms with E-state index < -0.39 is 29.5 Å². The number of aliphatic hydroxyl groups is 1. The summed E-state index contributed by atoms with van der Waals surface area (Å²) >= 11 is 1.12.